The van der Waals surface area contributed by atoms with Crippen LogP contribution in [-0.4, -0.2) is 93.9 Å². The van der Waals surface area contributed by atoms with Crippen molar-refractivity contribution >= 4 is 41.0 Å². The van der Waals surface area contributed by atoms with Crippen molar-refractivity contribution in [2.75, 3.05) is 68.2 Å². The molecule has 13 heteroatoms. The number of amides is 2. The lowest BCUT2D eigenvalue weighted by molar-refractivity contribution is 0.0531. The molecule has 0 bridgehead atoms. The maximum atomic E-state index is 15.2. The van der Waals surface area contributed by atoms with Gasteiger partial charge in [-0.05, 0) is 42.3 Å². The lowest BCUT2D eigenvalue weighted by Crippen LogP contribution is -2.46. The van der Waals surface area contributed by atoms with Gasteiger partial charge < -0.3 is 34.4 Å². The summed E-state index contributed by atoms with van der Waals surface area (Å²) in [6.45, 7) is 3.11. The molecule has 0 spiro atoms. The minimum atomic E-state index is -0.613. The molecule has 4 atom stereocenters. The summed E-state index contributed by atoms with van der Waals surface area (Å²) < 4.78 is 30.4. The summed E-state index contributed by atoms with van der Waals surface area (Å²) in [6, 6.07) is 13.2. The van der Waals surface area contributed by atoms with E-state index in [1.165, 1.54) is 35.4 Å². The molecule has 2 amide bonds. The number of aliphatic hydroxyl groups is 1. The number of alkyl carbamates (subject to hydrolysis) is 1. The Labute approximate surface area is 236 Å². The van der Waals surface area contributed by atoms with Gasteiger partial charge in [-0.2, -0.15) is 0 Å². The SMILES string of the molecule is COC(=O)NC[C@H]1CN(c2ccc(N3CCN(c4ccc(CC5SC(O)NC5OC)cc4)CC3)c(F)c2)C(=O)O1. The minimum absolute atomic E-state index is 0.109. The number of benzene rings is 2. The molecule has 40 heavy (non-hydrogen) atoms. The summed E-state index contributed by atoms with van der Waals surface area (Å²) in [4.78, 5) is 29.2. The fraction of sp³-hybridized carbons (Fsp3) is 0.481. The highest BCUT2D eigenvalue weighted by Gasteiger charge is 2.34. The molecule has 3 heterocycles. The van der Waals surface area contributed by atoms with Crippen molar-refractivity contribution in [3.8, 4) is 0 Å². The molecule has 0 aromatic heterocycles. The number of ether oxygens (including phenoxy) is 3. The molecule has 5 rings (SSSR count). The zero-order valence-corrected chi connectivity index (χ0v) is 23.2. The topological polar surface area (TPSA) is 116 Å². The van der Waals surface area contributed by atoms with Gasteiger partial charge in [-0.3, -0.25) is 10.2 Å². The van der Waals surface area contributed by atoms with Crippen LogP contribution in [0.2, 0.25) is 0 Å². The Morgan fingerprint density at radius 3 is 2.50 bits per heavy atom. The first-order chi connectivity index (χ1) is 19.3. The van der Waals surface area contributed by atoms with Gasteiger partial charge in [0.2, 0.25) is 0 Å². The Hall–Kier alpha value is -3.26. The molecule has 2 aromatic carbocycles. The minimum Gasteiger partial charge on any atom is -0.453 e. The van der Waals surface area contributed by atoms with E-state index >= 15 is 4.39 Å². The Bertz CT molecular complexity index is 1200. The van der Waals surface area contributed by atoms with Crippen LogP contribution in [0.3, 0.4) is 0 Å². The second kappa shape index (κ2) is 12.5. The van der Waals surface area contributed by atoms with Crippen LogP contribution < -0.4 is 25.3 Å². The zero-order valence-electron chi connectivity index (χ0n) is 22.4. The van der Waals surface area contributed by atoms with Crippen LogP contribution in [0.4, 0.5) is 31.0 Å². The predicted octanol–water partition coefficient (Wildman–Crippen LogP) is 2.33. The number of thioether (sulfide) groups is 1. The monoisotopic (exact) mass is 575 g/mol. The molecule has 3 fully saturated rings. The van der Waals surface area contributed by atoms with Crippen molar-refractivity contribution in [1.82, 2.24) is 10.6 Å². The molecule has 0 radical (unpaired) electrons. The van der Waals surface area contributed by atoms with Crippen LogP contribution in [0.25, 0.3) is 0 Å². The molecule has 2 aromatic rings. The number of aliphatic hydroxyl groups excluding tert-OH is 1. The van der Waals surface area contributed by atoms with Crippen molar-refractivity contribution in [1.29, 1.82) is 0 Å². The van der Waals surface area contributed by atoms with Crippen molar-refractivity contribution in [3.05, 3.63) is 53.8 Å². The number of cyclic esters (lactones) is 1. The first kappa shape index (κ1) is 28.3. The lowest BCUT2D eigenvalue weighted by Gasteiger charge is -2.37. The zero-order chi connectivity index (χ0) is 28.2. The third kappa shape index (κ3) is 6.38. The molecule has 0 saturated carbocycles. The number of rotatable bonds is 8. The first-order valence-electron chi connectivity index (χ1n) is 13.2. The molecule has 11 nitrogen and oxygen atoms in total. The lowest BCUT2D eigenvalue weighted by atomic mass is 10.1. The number of nitrogens with zero attached hydrogens (tertiary/aromatic N) is 3. The number of methoxy groups -OCH3 is 2. The quantitative estimate of drug-likeness (QED) is 0.433. The van der Waals surface area contributed by atoms with E-state index < -0.39 is 29.7 Å². The van der Waals surface area contributed by atoms with Crippen molar-refractivity contribution in [2.24, 2.45) is 0 Å². The molecule has 0 aliphatic carbocycles. The fourth-order valence-electron chi connectivity index (χ4n) is 5.21. The van der Waals surface area contributed by atoms with E-state index in [0.717, 1.165) is 25.2 Å². The van der Waals surface area contributed by atoms with Gasteiger partial charge in [0.25, 0.3) is 0 Å². The highest BCUT2D eigenvalue weighted by molar-refractivity contribution is 8.00. The van der Waals surface area contributed by atoms with Crippen LogP contribution in [0.5, 0.6) is 0 Å². The van der Waals surface area contributed by atoms with Gasteiger partial charge in [0.05, 0.1) is 36.8 Å². The Balaban J connectivity index is 1.14. The number of piperazine rings is 1. The summed E-state index contributed by atoms with van der Waals surface area (Å²) in [7, 11) is 2.89. The maximum absolute atomic E-state index is 15.2. The second-order valence-electron chi connectivity index (χ2n) is 9.82. The molecule has 216 valence electrons. The third-order valence-electron chi connectivity index (χ3n) is 7.34. The van der Waals surface area contributed by atoms with Crippen LogP contribution in [-0.2, 0) is 20.6 Å². The standard InChI is InChI=1S/C27H34FN5O6S/c1-37-24-23(40-26(35)30-24)13-17-3-5-18(6-4-17)31-9-11-32(12-10-31)22-8-7-19(14-21(22)28)33-16-20(39-27(33)36)15-29-25(34)38-2/h3-8,14,20,23-24,26,30,35H,9-13,15-16H2,1-2H3,(H,29,34)/t20-,23?,24?,26?/m0/s1. The van der Waals surface area contributed by atoms with Gasteiger partial charge in [0.15, 0.2) is 5.56 Å². The highest BCUT2D eigenvalue weighted by Crippen LogP contribution is 2.31. The number of hydrogen-bond acceptors (Lipinski definition) is 10. The normalized spacial score (nSPS) is 24.8. The summed E-state index contributed by atoms with van der Waals surface area (Å²) in [5, 5.41) is 15.5. The molecule has 3 aliphatic rings. The third-order valence-corrected chi connectivity index (χ3v) is 8.49. The number of carbonyl (C=O) groups excluding carboxylic acids is 2. The number of hydrogen-bond donors (Lipinski definition) is 3. The van der Waals surface area contributed by atoms with E-state index in [-0.39, 0.29) is 24.6 Å². The van der Waals surface area contributed by atoms with E-state index in [1.807, 2.05) is 4.90 Å². The molecular weight excluding hydrogens is 541 g/mol. The average molecular weight is 576 g/mol. The Morgan fingerprint density at radius 2 is 1.82 bits per heavy atom. The average Bonchev–Trinajstić information content (AvgIpc) is 3.52. The van der Waals surface area contributed by atoms with Gasteiger partial charge in [-0.25, -0.2) is 14.0 Å². The van der Waals surface area contributed by atoms with Crippen molar-refractivity contribution in [2.45, 2.75) is 29.6 Å². The number of nitrogens with one attached hydrogen (secondary N) is 2. The van der Waals surface area contributed by atoms with Crippen LogP contribution in [0.1, 0.15) is 5.56 Å². The Morgan fingerprint density at radius 1 is 1.12 bits per heavy atom. The van der Waals surface area contributed by atoms with Crippen LogP contribution in [0.15, 0.2) is 42.5 Å². The summed E-state index contributed by atoms with van der Waals surface area (Å²) in [5.41, 5.74) is 2.57. The van der Waals surface area contributed by atoms with E-state index in [2.05, 4.69) is 44.5 Å². The van der Waals surface area contributed by atoms with E-state index in [9.17, 15) is 14.7 Å². The number of anilines is 3. The Kier molecular flexibility index (Phi) is 8.84. The molecule has 3 unspecified atom stereocenters. The summed E-state index contributed by atoms with van der Waals surface area (Å²) >= 11 is 1.47. The van der Waals surface area contributed by atoms with E-state index in [1.54, 1.807) is 19.2 Å². The van der Waals surface area contributed by atoms with Gasteiger partial charge >= 0.3 is 12.2 Å². The van der Waals surface area contributed by atoms with Crippen molar-refractivity contribution < 1.29 is 33.3 Å². The van der Waals surface area contributed by atoms with Crippen LogP contribution in [0, 0.1) is 5.82 Å². The number of carbonyl (C=O) groups is 2. The highest BCUT2D eigenvalue weighted by atomic mass is 32.2. The molecular formula is C27H34FN5O6S. The predicted molar refractivity (Wildman–Crippen MR) is 150 cm³/mol. The van der Waals surface area contributed by atoms with E-state index in [0.29, 0.717) is 24.5 Å². The fourth-order valence-corrected chi connectivity index (χ4v) is 6.37. The second-order valence-corrected chi connectivity index (χ2v) is 11.1. The smallest absolute Gasteiger partial charge is 0.414 e. The molecule has 3 aliphatic heterocycles. The molecule has 3 N–H and O–H groups in total. The number of halogens is 1. The summed E-state index contributed by atoms with van der Waals surface area (Å²) in [5.74, 6) is -0.405. The van der Waals surface area contributed by atoms with Crippen LogP contribution >= 0.6 is 11.8 Å². The maximum Gasteiger partial charge on any atom is 0.414 e. The summed E-state index contributed by atoms with van der Waals surface area (Å²) in [6.07, 6.45) is -1.14. The van der Waals surface area contributed by atoms with Gasteiger partial charge in [0, 0.05) is 39.0 Å². The van der Waals surface area contributed by atoms with Gasteiger partial charge in [-0.15, -0.1) is 11.8 Å². The van der Waals surface area contributed by atoms with Gasteiger partial charge in [0.1, 0.15) is 18.1 Å². The van der Waals surface area contributed by atoms with E-state index in [4.69, 9.17) is 9.47 Å². The first-order valence-corrected chi connectivity index (χ1v) is 14.1. The van der Waals surface area contributed by atoms with Gasteiger partial charge in [-0.1, -0.05) is 12.1 Å². The van der Waals surface area contributed by atoms with Crippen molar-refractivity contribution in [3.63, 3.8) is 0 Å². The molecule has 3 saturated heterocycles. The largest absolute Gasteiger partial charge is 0.453 e.